The summed E-state index contributed by atoms with van der Waals surface area (Å²) >= 11 is 0. The number of phenolic OH excluding ortho intramolecular Hbond substituents is 1. The summed E-state index contributed by atoms with van der Waals surface area (Å²) in [5.41, 5.74) is 2.60. The average Bonchev–Trinajstić information content (AvgIpc) is 2.68. The Morgan fingerprint density at radius 1 is 0.821 bits per heavy atom. The van der Waals surface area contributed by atoms with Gasteiger partial charge in [-0.05, 0) is 49.1 Å². The Balaban J connectivity index is 0.00000196. The lowest BCUT2D eigenvalue weighted by Crippen LogP contribution is -2.47. The molecule has 1 saturated heterocycles. The van der Waals surface area contributed by atoms with Gasteiger partial charge in [0.1, 0.15) is 0 Å². The Kier molecular flexibility index (Phi) is 11.3. The summed E-state index contributed by atoms with van der Waals surface area (Å²) in [6, 6.07) is 16.5. The Labute approximate surface area is 181 Å². The Morgan fingerprint density at radius 3 is 2.07 bits per heavy atom. The third-order valence-electron chi connectivity index (χ3n) is 5.21. The molecule has 156 valence electrons. The van der Waals surface area contributed by atoms with Crippen LogP contribution in [0.15, 0.2) is 48.5 Å². The highest BCUT2D eigenvalue weighted by Gasteiger charge is 2.16. The molecule has 0 aromatic heterocycles. The van der Waals surface area contributed by atoms with Gasteiger partial charge >= 0.3 is 0 Å². The van der Waals surface area contributed by atoms with Crippen molar-refractivity contribution in [2.45, 2.75) is 19.3 Å². The third kappa shape index (κ3) is 7.51. The van der Waals surface area contributed by atoms with Gasteiger partial charge in [0.2, 0.25) is 0 Å². The van der Waals surface area contributed by atoms with Gasteiger partial charge in [-0.3, -0.25) is 0 Å². The molecule has 4 nitrogen and oxygen atoms in total. The average molecular weight is 427 g/mol. The van der Waals surface area contributed by atoms with Gasteiger partial charge in [-0.2, -0.15) is 0 Å². The summed E-state index contributed by atoms with van der Waals surface area (Å²) in [5.74, 6) is 0.770. The molecule has 0 amide bonds. The first kappa shape index (κ1) is 24.6. The molecule has 0 atom stereocenters. The Morgan fingerprint density at radius 2 is 1.46 bits per heavy atom. The van der Waals surface area contributed by atoms with Gasteiger partial charge in [0, 0.05) is 32.7 Å². The minimum Gasteiger partial charge on any atom is -0.504 e. The molecule has 0 spiro atoms. The zero-order valence-electron chi connectivity index (χ0n) is 16.5. The van der Waals surface area contributed by atoms with E-state index in [-0.39, 0.29) is 30.6 Å². The number of aryl methyl sites for hydroxylation is 1. The zero-order valence-corrected chi connectivity index (χ0v) is 18.2. The third-order valence-corrected chi connectivity index (χ3v) is 5.21. The maximum Gasteiger partial charge on any atom is 0.160 e. The van der Waals surface area contributed by atoms with Crippen molar-refractivity contribution >= 4 is 24.8 Å². The molecule has 0 aliphatic carbocycles. The highest BCUT2D eigenvalue weighted by Crippen LogP contribution is 2.26. The van der Waals surface area contributed by atoms with Crippen LogP contribution in [0.3, 0.4) is 0 Å². The van der Waals surface area contributed by atoms with E-state index in [9.17, 15) is 5.11 Å². The molecule has 0 bridgehead atoms. The van der Waals surface area contributed by atoms with Crippen LogP contribution in [0, 0.1) is 0 Å². The van der Waals surface area contributed by atoms with Gasteiger partial charge < -0.3 is 19.6 Å². The topological polar surface area (TPSA) is 35.9 Å². The predicted octanol–water partition coefficient (Wildman–Crippen LogP) is 4.04. The molecule has 2 aromatic rings. The first-order chi connectivity index (χ1) is 12.7. The number of hydrogen-bond acceptors (Lipinski definition) is 4. The summed E-state index contributed by atoms with van der Waals surface area (Å²) in [5, 5.41) is 9.88. The number of ether oxygens (including phenoxy) is 1. The molecule has 1 N–H and O–H groups in total. The molecule has 1 aliphatic rings. The predicted molar refractivity (Wildman–Crippen MR) is 121 cm³/mol. The van der Waals surface area contributed by atoms with Crippen LogP contribution in [0.25, 0.3) is 0 Å². The number of halogens is 2. The molecular formula is C22H32Cl2N2O2. The number of benzene rings is 2. The van der Waals surface area contributed by atoms with Gasteiger partial charge in [-0.1, -0.05) is 36.4 Å². The van der Waals surface area contributed by atoms with Crippen LogP contribution in [-0.2, 0) is 12.8 Å². The van der Waals surface area contributed by atoms with E-state index in [1.807, 2.05) is 18.2 Å². The number of hydrogen-bond donors (Lipinski definition) is 1. The Bertz CT molecular complexity index is 677. The zero-order chi connectivity index (χ0) is 18.2. The lowest BCUT2D eigenvalue weighted by Gasteiger charge is -2.34. The van der Waals surface area contributed by atoms with Crippen LogP contribution >= 0.6 is 24.8 Å². The van der Waals surface area contributed by atoms with Crippen molar-refractivity contribution in [2.75, 3.05) is 46.4 Å². The molecule has 1 heterocycles. The van der Waals surface area contributed by atoms with Gasteiger partial charge in [0.15, 0.2) is 11.5 Å². The normalized spacial score (nSPS) is 14.8. The van der Waals surface area contributed by atoms with Gasteiger partial charge in [-0.15, -0.1) is 24.8 Å². The monoisotopic (exact) mass is 426 g/mol. The van der Waals surface area contributed by atoms with Crippen molar-refractivity contribution in [2.24, 2.45) is 0 Å². The first-order valence-corrected chi connectivity index (χ1v) is 9.59. The molecule has 3 rings (SSSR count). The Hall–Kier alpha value is -1.46. The summed E-state index contributed by atoms with van der Waals surface area (Å²) in [7, 11) is 1.58. The van der Waals surface area contributed by atoms with Crippen LogP contribution in [0.5, 0.6) is 11.5 Å². The van der Waals surface area contributed by atoms with E-state index < -0.39 is 0 Å². The second-order valence-electron chi connectivity index (χ2n) is 7.03. The minimum absolute atomic E-state index is 0. The minimum atomic E-state index is 0. The number of phenols is 1. The van der Waals surface area contributed by atoms with E-state index in [0.717, 1.165) is 44.7 Å². The van der Waals surface area contributed by atoms with E-state index in [4.69, 9.17) is 4.74 Å². The highest BCUT2D eigenvalue weighted by molar-refractivity contribution is 5.85. The molecule has 0 saturated carbocycles. The summed E-state index contributed by atoms with van der Waals surface area (Å²) < 4.78 is 5.10. The SMILES string of the molecule is COc1ccc(CCN2CCN(CCCc3ccccc3)CC2)cc1O.Cl.Cl. The molecule has 1 aliphatic heterocycles. The fourth-order valence-corrected chi connectivity index (χ4v) is 3.57. The smallest absolute Gasteiger partial charge is 0.160 e. The van der Waals surface area contributed by atoms with Crippen molar-refractivity contribution in [3.05, 3.63) is 59.7 Å². The van der Waals surface area contributed by atoms with Crippen molar-refractivity contribution in [3.8, 4) is 11.5 Å². The van der Waals surface area contributed by atoms with Crippen molar-refractivity contribution in [1.29, 1.82) is 0 Å². The number of rotatable bonds is 8. The van der Waals surface area contributed by atoms with Crippen LogP contribution in [-0.4, -0.2) is 61.3 Å². The van der Waals surface area contributed by atoms with E-state index in [1.165, 1.54) is 24.9 Å². The summed E-state index contributed by atoms with van der Waals surface area (Å²) in [4.78, 5) is 5.10. The van der Waals surface area contributed by atoms with Crippen molar-refractivity contribution < 1.29 is 9.84 Å². The molecule has 6 heteroatoms. The second-order valence-corrected chi connectivity index (χ2v) is 7.03. The van der Waals surface area contributed by atoms with Crippen LogP contribution in [0.4, 0.5) is 0 Å². The van der Waals surface area contributed by atoms with Gasteiger partial charge in [-0.25, -0.2) is 0 Å². The quantitative estimate of drug-likeness (QED) is 0.690. The van der Waals surface area contributed by atoms with E-state index >= 15 is 0 Å². The molecule has 28 heavy (non-hydrogen) atoms. The largest absolute Gasteiger partial charge is 0.504 e. The van der Waals surface area contributed by atoms with Crippen LogP contribution in [0.2, 0.25) is 0 Å². The molecular weight excluding hydrogens is 395 g/mol. The molecule has 2 aromatic carbocycles. The standard InChI is InChI=1S/C22H30N2O2.2ClH/c1-26-22-10-9-20(18-21(22)25)11-13-24-16-14-23(15-17-24)12-5-8-19-6-3-2-4-7-19;;/h2-4,6-7,9-10,18,25H,5,8,11-17H2,1H3;2*1H. The maximum absolute atomic E-state index is 9.88. The van der Waals surface area contributed by atoms with E-state index in [0.29, 0.717) is 5.75 Å². The second kappa shape index (κ2) is 12.9. The maximum atomic E-state index is 9.88. The lowest BCUT2D eigenvalue weighted by atomic mass is 10.1. The van der Waals surface area contributed by atoms with Crippen LogP contribution < -0.4 is 4.74 Å². The summed E-state index contributed by atoms with van der Waals surface area (Å²) in [6.07, 6.45) is 3.36. The molecule has 0 radical (unpaired) electrons. The van der Waals surface area contributed by atoms with Gasteiger partial charge in [0.05, 0.1) is 7.11 Å². The fraction of sp³-hybridized carbons (Fsp3) is 0.455. The van der Waals surface area contributed by atoms with E-state index in [2.05, 4.69) is 40.1 Å². The van der Waals surface area contributed by atoms with Crippen molar-refractivity contribution in [3.63, 3.8) is 0 Å². The number of aromatic hydroxyl groups is 1. The number of piperazine rings is 1. The molecule has 1 fully saturated rings. The fourth-order valence-electron chi connectivity index (χ4n) is 3.57. The van der Waals surface area contributed by atoms with Crippen molar-refractivity contribution in [1.82, 2.24) is 9.80 Å². The first-order valence-electron chi connectivity index (χ1n) is 9.59. The lowest BCUT2D eigenvalue weighted by molar-refractivity contribution is 0.132. The number of nitrogens with zero attached hydrogens (tertiary/aromatic N) is 2. The number of methoxy groups -OCH3 is 1. The van der Waals surface area contributed by atoms with Crippen LogP contribution in [0.1, 0.15) is 17.5 Å². The van der Waals surface area contributed by atoms with Gasteiger partial charge in [0.25, 0.3) is 0 Å². The highest BCUT2D eigenvalue weighted by atomic mass is 35.5. The summed E-state index contributed by atoms with van der Waals surface area (Å²) in [6.45, 7) is 6.81. The molecule has 0 unspecified atom stereocenters. The van der Waals surface area contributed by atoms with E-state index in [1.54, 1.807) is 7.11 Å².